The van der Waals surface area contributed by atoms with Crippen LogP contribution in [-0.4, -0.2) is 62.8 Å². The molecule has 1 amide bonds. The van der Waals surface area contributed by atoms with Gasteiger partial charge in [0.1, 0.15) is 5.75 Å². The highest BCUT2D eigenvalue weighted by Crippen LogP contribution is 2.50. The van der Waals surface area contributed by atoms with Crippen LogP contribution in [0.25, 0.3) is 0 Å². The van der Waals surface area contributed by atoms with Crippen molar-refractivity contribution in [2.45, 2.75) is 45.6 Å². The van der Waals surface area contributed by atoms with Gasteiger partial charge < -0.3 is 34.1 Å². The molecule has 0 saturated carbocycles. The first-order chi connectivity index (χ1) is 21.3. The van der Waals surface area contributed by atoms with Gasteiger partial charge in [-0.2, -0.15) is 0 Å². The number of aryl methyl sites for hydroxylation is 3. The van der Waals surface area contributed by atoms with Crippen LogP contribution in [0.15, 0.2) is 48.5 Å². The van der Waals surface area contributed by atoms with Crippen LogP contribution in [0.5, 0.6) is 23.0 Å². The van der Waals surface area contributed by atoms with E-state index in [-0.39, 0.29) is 26.0 Å². The van der Waals surface area contributed by atoms with E-state index in [9.17, 15) is 14.7 Å². The Bertz CT molecular complexity index is 1480. The lowest BCUT2D eigenvalue weighted by atomic mass is 9.82. The summed E-state index contributed by atoms with van der Waals surface area (Å²) in [6.07, 6.45) is 1.56. The minimum absolute atomic E-state index is 0.00868. The van der Waals surface area contributed by atoms with Crippen LogP contribution < -0.4 is 24.3 Å². The number of amides is 1. The molecule has 0 bridgehead atoms. The zero-order valence-corrected chi connectivity index (χ0v) is 25.8. The number of anilines is 1. The van der Waals surface area contributed by atoms with Crippen LogP contribution in [0.4, 0.5) is 5.69 Å². The Labute approximate surface area is 257 Å². The van der Waals surface area contributed by atoms with Crippen LogP contribution in [0.3, 0.4) is 0 Å². The second-order valence-electron chi connectivity index (χ2n) is 11.1. The molecule has 3 atom stereocenters. The second kappa shape index (κ2) is 13.6. The highest BCUT2D eigenvalue weighted by molar-refractivity contribution is 5.94. The van der Waals surface area contributed by atoms with Crippen molar-refractivity contribution in [3.05, 3.63) is 76.3 Å². The summed E-state index contributed by atoms with van der Waals surface area (Å²) in [6.45, 7) is 6.70. The molecule has 0 aromatic heterocycles. The van der Waals surface area contributed by atoms with E-state index in [1.807, 2.05) is 29.2 Å². The molecule has 1 saturated heterocycles. The van der Waals surface area contributed by atoms with Gasteiger partial charge in [0.25, 0.3) is 0 Å². The number of methoxy groups -OCH3 is 2. The number of nitrogens with one attached hydrogen (secondary N) is 1. The predicted octanol–water partition coefficient (Wildman–Crippen LogP) is 5.32. The Balaban J connectivity index is 1.51. The lowest BCUT2D eigenvalue weighted by Gasteiger charge is -2.27. The van der Waals surface area contributed by atoms with Gasteiger partial charge in [0, 0.05) is 31.3 Å². The van der Waals surface area contributed by atoms with Gasteiger partial charge in [-0.25, -0.2) is 0 Å². The number of carbonyl (C=O) groups excluding carboxylic acids is 1. The van der Waals surface area contributed by atoms with E-state index in [2.05, 4.69) is 38.2 Å². The number of hydrogen-bond donors (Lipinski definition) is 2. The molecule has 0 unspecified atom stereocenters. The molecule has 5 rings (SSSR count). The molecule has 10 heteroatoms. The van der Waals surface area contributed by atoms with Crippen molar-refractivity contribution < 1.29 is 38.4 Å². The van der Waals surface area contributed by atoms with Gasteiger partial charge in [-0.1, -0.05) is 43.7 Å². The first-order valence-electron chi connectivity index (χ1n) is 14.9. The van der Waals surface area contributed by atoms with E-state index in [4.69, 9.17) is 23.7 Å². The molecule has 10 nitrogen and oxygen atoms in total. The molecular weight excluding hydrogens is 564 g/mol. The molecule has 0 radical (unpaired) electrons. The molecule has 234 valence electrons. The number of carboxylic acid groups (broad SMARTS) is 1. The molecule has 44 heavy (non-hydrogen) atoms. The number of benzene rings is 3. The Morgan fingerprint density at radius 3 is 2.32 bits per heavy atom. The maximum atomic E-state index is 13.7. The number of carbonyl (C=O) groups is 2. The Hall–Kier alpha value is -4.28. The fourth-order valence-corrected chi connectivity index (χ4v) is 6.40. The van der Waals surface area contributed by atoms with Crippen LogP contribution in [0.2, 0.25) is 0 Å². The van der Waals surface area contributed by atoms with E-state index in [0.717, 1.165) is 46.3 Å². The zero-order valence-electron chi connectivity index (χ0n) is 25.8. The maximum absolute atomic E-state index is 13.7. The molecule has 1 fully saturated rings. The lowest BCUT2D eigenvalue weighted by Crippen LogP contribution is -2.35. The first kappa shape index (κ1) is 31.2. The molecule has 2 aliphatic heterocycles. The summed E-state index contributed by atoms with van der Waals surface area (Å²) in [4.78, 5) is 28.7. The van der Waals surface area contributed by atoms with Crippen molar-refractivity contribution in [3.63, 3.8) is 0 Å². The summed E-state index contributed by atoms with van der Waals surface area (Å²) in [5.74, 6) is -0.405. The monoisotopic (exact) mass is 604 g/mol. The topological polar surface area (TPSA) is 116 Å². The third-order valence-electron chi connectivity index (χ3n) is 8.38. The summed E-state index contributed by atoms with van der Waals surface area (Å²) in [5.41, 5.74) is 5.66. The summed E-state index contributed by atoms with van der Waals surface area (Å²) in [5, 5.41) is 13.8. The molecule has 2 N–H and O–H groups in total. The minimum atomic E-state index is -0.959. The fraction of sp³-hybridized carbons (Fsp3) is 0.412. The number of hydrogen-bond acceptors (Lipinski definition) is 8. The average Bonchev–Trinajstić information content (AvgIpc) is 3.65. The van der Waals surface area contributed by atoms with Gasteiger partial charge in [0.15, 0.2) is 18.3 Å². The molecule has 0 aliphatic carbocycles. The zero-order chi connectivity index (χ0) is 31.4. The largest absolute Gasteiger partial charge is 0.493 e. The van der Waals surface area contributed by atoms with Crippen LogP contribution >= 0.6 is 0 Å². The fourth-order valence-electron chi connectivity index (χ4n) is 6.40. The highest BCUT2D eigenvalue weighted by Gasteiger charge is 2.48. The Morgan fingerprint density at radius 2 is 1.70 bits per heavy atom. The van der Waals surface area contributed by atoms with Crippen molar-refractivity contribution in [2.24, 2.45) is 5.92 Å². The molecule has 0 spiro atoms. The lowest BCUT2D eigenvalue weighted by molar-refractivity contribution is -0.143. The molecule has 2 aliphatic rings. The predicted molar refractivity (Wildman–Crippen MR) is 165 cm³/mol. The van der Waals surface area contributed by atoms with Gasteiger partial charge in [0.05, 0.1) is 19.6 Å². The van der Waals surface area contributed by atoms with E-state index in [0.29, 0.717) is 29.5 Å². The molecular formula is C34H40N2O8. The number of rotatable bonds is 12. The van der Waals surface area contributed by atoms with E-state index >= 15 is 0 Å². The molecule has 2 heterocycles. The number of nitrogens with zero attached hydrogens (tertiary/aromatic N) is 1. The van der Waals surface area contributed by atoms with E-state index < -0.39 is 23.8 Å². The second-order valence-corrected chi connectivity index (χ2v) is 11.1. The Morgan fingerprint density at radius 1 is 1.00 bits per heavy atom. The van der Waals surface area contributed by atoms with Crippen molar-refractivity contribution in [2.75, 3.05) is 46.2 Å². The van der Waals surface area contributed by atoms with Crippen molar-refractivity contribution in [1.82, 2.24) is 4.90 Å². The standard InChI is InChI=1S/C34H40N2O8/c1-6-21-12-20(3)13-22(7-2)31(21)35-29(37)17-36-16-26(24-14-27(41-5)33-28(15-24)43-19-44-33)30(34(38)39)32(36)23-8-10-25(11-9-23)42-18-40-4/h8-15,26,30,32H,6-7,16-19H2,1-5H3,(H,35,37)(H,38,39)/t26-,30-,32+/m1/s1. The summed E-state index contributed by atoms with van der Waals surface area (Å²) in [7, 11) is 3.08. The van der Waals surface area contributed by atoms with Crippen molar-refractivity contribution >= 4 is 17.6 Å². The van der Waals surface area contributed by atoms with Crippen LogP contribution in [-0.2, 0) is 27.2 Å². The smallest absolute Gasteiger partial charge is 0.309 e. The van der Waals surface area contributed by atoms with Gasteiger partial charge in [-0.3, -0.25) is 14.5 Å². The maximum Gasteiger partial charge on any atom is 0.309 e. The number of fused-ring (bicyclic) bond motifs is 1. The molecule has 3 aromatic carbocycles. The highest BCUT2D eigenvalue weighted by atomic mass is 16.7. The van der Waals surface area contributed by atoms with Gasteiger partial charge in [-0.15, -0.1) is 0 Å². The molecule has 3 aromatic rings. The number of aliphatic carboxylic acids is 1. The Kier molecular flexibility index (Phi) is 9.61. The van der Waals surface area contributed by atoms with Crippen LogP contribution in [0.1, 0.15) is 53.6 Å². The SMILES string of the molecule is CCc1cc(C)cc(CC)c1NC(=O)CN1C[C@H](c2cc(OC)c3c(c2)OCO3)[C@@H](C(=O)O)[C@@H]1c1ccc(OCOC)cc1. The van der Waals surface area contributed by atoms with E-state index in [1.165, 1.54) is 7.11 Å². The van der Waals surface area contributed by atoms with E-state index in [1.54, 1.807) is 19.2 Å². The number of ether oxygens (including phenoxy) is 5. The average molecular weight is 605 g/mol. The van der Waals surface area contributed by atoms with Crippen molar-refractivity contribution in [1.29, 1.82) is 0 Å². The van der Waals surface area contributed by atoms with Gasteiger partial charge >= 0.3 is 5.97 Å². The summed E-state index contributed by atoms with van der Waals surface area (Å²) >= 11 is 0. The van der Waals surface area contributed by atoms with Gasteiger partial charge in [0.2, 0.25) is 18.4 Å². The summed E-state index contributed by atoms with van der Waals surface area (Å²) in [6, 6.07) is 14.5. The quantitative estimate of drug-likeness (QED) is 0.265. The number of likely N-dealkylation sites (tertiary alicyclic amines) is 1. The normalized spacial score (nSPS) is 19.2. The number of carboxylic acids is 1. The van der Waals surface area contributed by atoms with Crippen molar-refractivity contribution in [3.8, 4) is 23.0 Å². The summed E-state index contributed by atoms with van der Waals surface area (Å²) < 4.78 is 27.4. The third kappa shape index (κ3) is 6.32. The van der Waals surface area contributed by atoms with Gasteiger partial charge in [-0.05, 0) is 66.3 Å². The third-order valence-corrected chi connectivity index (χ3v) is 8.38. The van der Waals surface area contributed by atoms with Crippen LogP contribution in [0, 0.1) is 12.8 Å². The minimum Gasteiger partial charge on any atom is -0.493 e. The first-order valence-corrected chi connectivity index (χ1v) is 14.9.